The van der Waals surface area contributed by atoms with Crippen LogP contribution in [-0.2, 0) is 4.79 Å². The molecule has 0 heterocycles. The van der Waals surface area contributed by atoms with Gasteiger partial charge in [-0.2, -0.15) is 0 Å². The highest BCUT2D eigenvalue weighted by Gasteiger charge is 2.20. The number of carbonyl (C=O) groups excluding carboxylic acids is 2. The van der Waals surface area contributed by atoms with Crippen LogP contribution in [-0.4, -0.2) is 46.3 Å². The van der Waals surface area contributed by atoms with Crippen LogP contribution in [0, 0.1) is 0 Å². The monoisotopic (exact) mass is 478 g/mol. The van der Waals surface area contributed by atoms with E-state index in [-0.39, 0.29) is 18.0 Å². The number of hydrogen-bond acceptors (Lipinski definition) is 6. The van der Waals surface area contributed by atoms with Gasteiger partial charge in [-0.1, -0.05) is 42.5 Å². The highest BCUT2D eigenvalue weighted by atomic mass is 16.5. The molecule has 0 aromatic heterocycles. The maximum absolute atomic E-state index is 12.8. The lowest BCUT2D eigenvalue weighted by molar-refractivity contribution is -0.120. The fourth-order valence-electron chi connectivity index (χ4n) is 3.61. The van der Waals surface area contributed by atoms with Crippen LogP contribution in [0.15, 0.2) is 66.7 Å². The maximum Gasteiger partial charge on any atom is 0.251 e. The minimum absolute atomic E-state index is 0.212. The Bertz CT molecular complexity index is 1110. The van der Waals surface area contributed by atoms with Gasteiger partial charge in [0, 0.05) is 5.56 Å². The number of methoxy groups -OCH3 is 3. The first kappa shape index (κ1) is 25.4. The summed E-state index contributed by atoms with van der Waals surface area (Å²) >= 11 is 0. The minimum Gasteiger partial charge on any atom is -0.494 e. The average molecular weight is 479 g/mol. The zero-order chi connectivity index (χ0) is 25.2. The zero-order valence-electron chi connectivity index (χ0n) is 20.3. The predicted molar refractivity (Wildman–Crippen MR) is 132 cm³/mol. The van der Waals surface area contributed by atoms with Crippen LogP contribution >= 0.6 is 0 Å². The number of nitrogens with one attached hydrogen (secondary N) is 2. The van der Waals surface area contributed by atoms with E-state index < -0.39 is 11.9 Å². The number of benzene rings is 3. The van der Waals surface area contributed by atoms with Crippen molar-refractivity contribution in [1.82, 2.24) is 10.6 Å². The second kappa shape index (κ2) is 12.3. The molecular weight excluding hydrogens is 448 g/mol. The van der Waals surface area contributed by atoms with E-state index in [1.54, 1.807) is 0 Å². The van der Waals surface area contributed by atoms with Gasteiger partial charge in [-0.3, -0.25) is 9.59 Å². The quantitative estimate of drug-likeness (QED) is 0.436. The van der Waals surface area contributed by atoms with Gasteiger partial charge in [0.25, 0.3) is 5.91 Å². The predicted octanol–water partition coefficient (Wildman–Crippen LogP) is 3.75. The molecule has 0 aliphatic carbocycles. The van der Waals surface area contributed by atoms with Crippen LogP contribution < -0.4 is 29.6 Å². The van der Waals surface area contributed by atoms with E-state index >= 15 is 0 Å². The average Bonchev–Trinajstić information content (AvgIpc) is 2.90. The van der Waals surface area contributed by atoms with Gasteiger partial charge < -0.3 is 29.6 Å². The van der Waals surface area contributed by atoms with E-state index in [4.69, 9.17) is 18.9 Å². The van der Waals surface area contributed by atoms with Crippen molar-refractivity contribution in [1.29, 1.82) is 0 Å². The fourth-order valence-corrected chi connectivity index (χ4v) is 3.61. The molecule has 0 saturated heterocycles. The van der Waals surface area contributed by atoms with Crippen LogP contribution in [0.4, 0.5) is 0 Å². The van der Waals surface area contributed by atoms with Gasteiger partial charge in [-0.25, -0.2) is 0 Å². The van der Waals surface area contributed by atoms with E-state index in [0.717, 1.165) is 16.9 Å². The van der Waals surface area contributed by atoms with Crippen LogP contribution in [0.1, 0.15) is 34.5 Å². The zero-order valence-corrected chi connectivity index (χ0v) is 20.3. The van der Waals surface area contributed by atoms with E-state index in [1.165, 1.54) is 33.5 Å². The molecule has 0 aliphatic rings. The van der Waals surface area contributed by atoms with Crippen molar-refractivity contribution >= 4 is 11.8 Å². The molecule has 0 aliphatic heterocycles. The highest BCUT2D eigenvalue weighted by molar-refractivity contribution is 5.97. The molecule has 0 saturated carbocycles. The van der Waals surface area contributed by atoms with E-state index in [2.05, 4.69) is 10.6 Å². The molecule has 3 aromatic rings. The third kappa shape index (κ3) is 6.44. The van der Waals surface area contributed by atoms with Gasteiger partial charge in [0.2, 0.25) is 11.7 Å². The van der Waals surface area contributed by atoms with E-state index in [1.807, 2.05) is 61.5 Å². The Hall–Kier alpha value is -4.20. The Morgan fingerprint density at radius 3 is 1.97 bits per heavy atom. The second-order valence-electron chi connectivity index (χ2n) is 7.51. The van der Waals surface area contributed by atoms with Crippen LogP contribution in [0.5, 0.6) is 23.0 Å². The number of ether oxygens (including phenoxy) is 4. The van der Waals surface area contributed by atoms with Crippen molar-refractivity contribution in [3.63, 3.8) is 0 Å². The standard InChI is InChI=1S/C27H30N2O6/c1-5-35-21-13-11-19(12-14-21)25(18-9-7-6-8-10-18)29-24(30)17-28-27(31)20-15-22(32-2)26(34-4)23(16-20)33-3/h6-16,25H,5,17H2,1-4H3,(H,28,31)(H,29,30). The summed E-state index contributed by atoms with van der Waals surface area (Å²) in [6.45, 7) is 2.28. The molecule has 0 radical (unpaired) electrons. The largest absolute Gasteiger partial charge is 0.494 e. The van der Waals surface area contributed by atoms with Gasteiger partial charge in [-0.05, 0) is 42.3 Å². The van der Waals surface area contributed by atoms with Crippen LogP contribution in [0.2, 0.25) is 0 Å². The third-order valence-corrected chi connectivity index (χ3v) is 5.30. The second-order valence-corrected chi connectivity index (χ2v) is 7.51. The first-order valence-corrected chi connectivity index (χ1v) is 11.2. The van der Waals surface area contributed by atoms with Gasteiger partial charge in [0.15, 0.2) is 11.5 Å². The maximum atomic E-state index is 12.8. The van der Waals surface area contributed by atoms with Crippen molar-refractivity contribution in [2.75, 3.05) is 34.5 Å². The van der Waals surface area contributed by atoms with Gasteiger partial charge in [0.05, 0.1) is 40.5 Å². The number of hydrogen-bond donors (Lipinski definition) is 2. The Morgan fingerprint density at radius 2 is 1.43 bits per heavy atom. The molecule has 1 atom stereocenters. The van der Waals surface area contributed by atoms with Gasteiger partial charge >= 0.3 is 0 Å². The first-order chi connectivity index (χ1) is 17.0. The van der Waals surface area contributed by atoms with Crippen molar-refractivity contribution in [2.24, 2.45) is 0 Å². The summed E-state index contributed by atoms with van der Waals surface area (Å²) < 4.78 is 21.4. The Labute approximate surface area is 205 Å². The molecule has 8 nitrogen and oxygen atoms in total. The molecule has 0 spiro atoms. The molecule has 0 fully saturated rings. The molecule has 3 aromatic carbocycles. The fraction of sp³-hybridized carbons (Fsp3) is 0.259. The first-order valence-electron chi connectivity index (χ1n) is 11.2. The molecule has 184 valence electrons. The van der Waals surface area contributed by atoms with Crippen LogP contribution in [0.25, 0.3) is 0 Å². The summed E-state index contributed by atoms with van der Waals surface area (Å²) in [7, 11) is 4.42. The normalized spacial score (nSPS) is 11.2. The lowest BCUT2D eigenvalue weighted by Crippen LogP contribution is -2.39. The van der Waals surface area contributed by atoms with Gasteiger partial charge in [0.1, 0.15) is 5.75 Å². The lowest BCUT2D eigenvalue weighted by Gasteiger charge is -2.20. The molecule has 8 heteroatoms. The van der Waals surface area contributed by atoms with Crippen LogP contribution in [0.3, 0.4) is 0 Å². The Kier molecular flexibility index (Phi) is 8.95. The molecule has 2 amide bonds. The summed E-state index contributed by atoms with van der Waals surface area (Å²) in [6, 6.07) is 19.9. The summed E-state index contributed by atoms with van der Waals surface area (Å²) in [5.41, 5.74) is 2.09. The molecule has 1 unspecified atom stereocenters. The number of rotatable bonds is 11. The summed E-state index contributed by atoms with van der Waals surface area (Å²) in [6.07, 6.45) is 0. The molecule has 3 rings (SSSR count). The van der Waals surface area contributed by atoms with Crippen molar-refractivity contribution in [3.8, 4) is 23.0 Å². The number of carbonyl (C=O) groups is 2. The molecule has 35 heavy (non-hydrogen) atoms. The topological polar surface area (TPSA) is 95.1 Å². The molecule has 2 N–H and O–H groups in total. The lowest BCUT2D eigenvalue weighted by atomic mass is 9.98. The van der Waals surface area contributed by atoms with Crippen molar-refractivity contribution < 1.29 is 28.5 Å². The third-order valence-electron chi connectivity index (χ3n) is 5.30. The van der Waals surface area contributed by atoms with Crippen molar-refractivity contribution in [3.05, 3.63) is 83.4 Å². The summed E-state index contributed by atoms with van der Waals surface area (Å²) in [5, 5.41) is 5.66. The Balaban J connectivity index is 1.73. The van der Waals surface area contributed by atoms with Crippen molar-refractivity contribution in [2.45, 2.75) is 13.0 Å². The molecular formula is C27H30N2O6. The highest BCUT2D eigenvalue weighted by Crippen LogP contribution is 2.38. The van der Waals surface area contributed by atoms with Gasteiger partial charge in [-0.15, -0.1) is 0 Å². The van der Waals surface area contributed by atoms with E-state index in [0.29, 0.717) is 23.9 Å². The Morgan fingerprint density at radius 1 is 0.829 bits per heavy atom. The minimum atomic E-state index is -0.447. The molecule has 0 bridgehead atoms. The smallest absolute Gasteiger partial charge is 0.251 e. The number of amides is 2. The SMILES string of the molecule is CCOc1ccc(C(NC(=O)CNC(=O)c2cc(OC)c(OC)c(OC)c2)c2ccccc2)cc1. The van der Waals surface area contributed by atoms with E-state index in [9.17, 15) is 9.59 Å². The summed E-state index contributed by atoms with van der Waals surface area (Å²) in [4.78, 5) is 25.6. The summed E-state index contributed by atoms with van der Waals surface area (Å²) in [5.74, 6) is 1.05.